The molecule has 1 aromatic heterocycles. The van der Waals surface area contributed by atoms with Gasteiger partial charge >= 0.3 is 0 Å². The minimum absolute atomic E-state index is 0.971. The van der Waals surface area contributed by atoms with Gasteiger partial charge in [-0.05, 0) is 14.0 Å². The Morgan fingerprint density at radius 2 is 2.38 bits per heavy atom. The van der Waals surface area contributed by atoms with Crippen LogP contribution in [-0.2, 0) is 6.54 Å². The second kappa shape index (κ2) is 4.87. The second-order valence-electron chi connectivity index (χ2n) is 3.04. The molecule has 0 unspecified atom stereocenters. The average molecular weight is 182 g/mol. The Balaban J connectivity index is 2.59. The molecule has 0 amide bonds. The highest BCUT2D eigenvalue weighted by atomic mass is 15.3. The van der Waals surface area contributed by atoms with Crippen molar-refractivity contribution in [1.29, 1.82) is 0 Å². The van der Waals surface area contributed by atoms with Crippen LogP contribution in [0.15, 0.2) is 12.4 Å². The summed E-state index contributed by atoms with van der Waals surface area (Å²) in [6.45, 7) is 5.05. The summed E-state index contributed by atoms with van der Waals surface area (Å²) in [5.41, 5.74) is 0. The molecule has 1 N–H and O–H groups in total. The van der Waals surface area contributed by atoms with Crippen molar-refractivity contribution in [2.75, 3.05) is 32.1 Å². The number of nitrogens with one attached hydrogen (secondary N) is 1. The Kier molecular flexibility index (Phi) is 3.76. The maximum atomic E-state index is 4.30. The fraction of sp³-hybridized carbons (Fsp3) is 0.667. The van der Waals surface area contributed by atoms with E-state index in [4.69, 9.17) is 0 Å². The van der Waals surface area contributed by atoms with Crippen LogP contribution in [0, 0.1) is 0 Å². The maximum absolute atomic E-state index is 4.30. The van der Waals surface area contributed by atoms with Crippen LogP contribution >= 0.6 is 0 Å². The molecule has 0 saturated heterocycles. The molecule has 4 heteroatoms. The Labute approximate surface area is 79.6 Å². The first-order chi connectivity index (χ1) is 6.29. The molecule has 13 heavy (non-hydrogen) atoms. The molecule has 0 aromatic carbocycles. The zero-order chi connectivity index (χ0) is 9.68. The molecule has 1 rings (SSSR count). The summed E-state index contributed by atoms with van der Waals surface area (Å²) >= 11 is 0. The third-order valence-corrected chi connectivity index (χ3v) is 2.07. The zero-order valence-corrected chi connectivity index (χ0v) is 8.62. The van der Waals surface area contributed by atoms with Crippen LogP contribution in [-0.4, -0.2) is 36.7 Å². The average Bonchev–Trinajstić information content (AvgIpc) is 2.61. The Morgan fingerprint density at radius 3 is 3.00 bits per heavy atom. The number of likely N-dealkylation sites (N-methyl/N-ethyl adjacent to an activating group) is 2. The van der Waals surface area contributed by atoms with E-state index >= 15 is 0 Å². The van der Waals surface area contributed by atoms with E-state index in [1.165, 1.54) is 0 Å². The van der Waals surface area contributed by atoms with Gasteiger partial charge in [0.2, 0.25) is 5.95 Å². The number of nitrogens with zero attached hydrogens (tertiary/aromatic N) is 3. The van der Waals surface area contributed by atoms with Gasteiger partial charge < -0.3 is 14.8 Å². The lowest BCUT2D eigenvalue weighted by Gasteiger charge is -2.18. The number of imidazole rings is 1. The van der Waals surface area contributed by atoms with Crippen LogP contribution in [0.1, 0.15) is 6.92 Å². The number of hydrogen-bond acceptors (Lipinski definition) is 3. The molecule has 0 aliphatic carbocycles. The van der Waals surface area contributed by atoms with E-state index < -0.39 is 0 Å². The Hall–Kier alpha value is -1.03. The quantitative estimate of drug-likeness (QED) is 0.722. The van der Waals surface area contributed by atoms with Gasteiger partial charge in [0.15, 0.2) is 0 Å². The fourth-order valence-corrected chi connectivity index (χ4v) is 1.27. The van der Waals surface area contributed by atoms with E-state index in [9.17, 15) is 0 Å². The summed E-state index contributed by atoms with van der Waals surface area (Å²) in [5.74, 6) is 1.04. The molecule has 0 radical (unpaired) electrons. The van der Waals surface area contributed by atoms with Crippen molar-refractivity contribution in [2.24, 2.45) is 0 Å². The fourth-order valence-electron chi connectivity index (χ4n) is 1.27. The molecule has 0 saturated carbocycles. The highest BCUT2D eigenvalue weighted by Crippen LogP contribution is 2.08. The van der Waals surface area contributed by atoms with Crippen molar-refractivity contribution in [3.8, 4) is 0 Å². The molecule has 0 aliphatic heterocycles. The molecule has 4 nitrogen and oxygen atoms in total. The summed E-state index contributed by atoms with van der Waals surface area (Å²) in [5, 5.41) is 3.12. The van der Waals surface area contributed by atoms with Crippen molar-refractivity contribution in [1.82, 2.24) is 14.9 Å². The normalized spacial score (nSPS) is 10.4. The molecule has 0 spiro atoms. The number of aromatic nitrogens is 2. The minimum atomic E-state index is 0.971. The highest BCUT2D eigenvalue weighted by Gasteiger charge is 2.05. The van der Waals surface area contributed by atoms with E-state index in [2.05, 4.69) is 33.7 Å². The van der Waals surface area contributed by atoms with Crippen molar-refractivity contribution >= 4 is 5.95 Å². The maximum Gasteiger partial charge on any atom is 0.205 e. The van der Waals surface area contributed by atoms with E-state index in [1.54, 1.807) is 0 Å². The highest BCUT2D eigenvalue weighted by molar-refractivity contribution is 5.29. The first kappa shape index (κ1) is 10.1. The third kappa shape index (κ3) is 2.45. The van der Waals surface area contributed by atoms with Gasteiger partial charge in [-0.1, -0.05) is 0 Å². The van der Waals surface area contributed by atoms with Crippen molar-refractivity contribution in [3.63, 3.8) is 0 Å². The SMILES string of the molecule is CCn1ccnc1N(C)CCNC. The monoisotopic (exact) mass is 182 g/mol. The molecule has 1 heterocycles. The molecule has 1 aromatic rings. The molecule has 0 atom stereocenters. The van der Waals surface area contributed by atoms with Gasteiger partial charge in [-0.15, -0.1) is 0 Å². The Bertz CT molecular complexity index is 244. The molecular weight excluding hydrogens is 164 g/mol. The molecule has 0 bridgehead atoms. The van der Waals surface area contributed by atoms with Crippen LogP contribution in [0.2, 0.25) is 0 Å². The van der Waals surface area contributed by atoms with Crippen molar-refractivity contribution in [3.05, 3.63) is 12.4 Å². The lowest BCUT2D eigenvalue weighted by Crippen LogP contribution is -2.29. The predicted molar refractivity (Wildman–Crippen MR) is 55.1 cm³/mol. The molecular formula is C9H18N4. The smallest absolute Gasteiger partial charge is 0.205 e. The number of hydrogen-bond donors (Lipinski definition) is 1. The van der Waals surface area contributed by atoms with Crippen molar-refractivity contribution in [2.45, 2.75) is 13.5 Å². The molecule has 74 valence electrons. The topological polar surface area (TPSA) is 33.1 Å². The minimum Gasteiger partial charge on any atom is -0.344 e. The van der Waals surface area contributed by atoms with Gasteiger partial charge in [0.1, 0.15) is 0 Å². The van der Waals surface area contributed by atoms with Crippen LogP contribution < -0.4 is 10.2 Å². The summed E-state index contributed by atoms with van der Waals surface area (Å²) in [6, 6.07) is 0. The van der Waals surface area contributed by atoms with Crippen LogP contribution in [0.3, 0.4) is 0 Å². The van der Waals surface area contributed by atoms with E-state index in [1.807, 2.05) is 19.4 Å². The van der Waals surface area contributed by atoms with Crippen LogP contribution in [0.5, 0.6) is 0 Å². The lowest BCUT2D eigenvalue weighted by molar-refractivity contribution is 0.701. The largest absolute Gasteiger partial charge is 0.344 e. The third-order valence-electron chi connectivity index (χ3n) is 2.07. The van der Waals surface area contributed by atoms with Crippen LogP contribution in [0.25, 0.3) is 0 Å². The summed E-state index contributed by atoms with van der Waals surface area (Å²) in [7, 11) is 4.02. The summed E-state index contributed by atoms with van der Waals surface area (Å²) < 4.78 is 2.13. The summed E-state index contributed by atoms with van der Waals surface area (Å²) in [4.78, 5) is 6.45. The Morgan fingerprint density at radius 1 is 1.62 bits per heavy atom. The van der Waals surface area contributed by atoms with Crippen LogP contribution in [0.4, 0.5) is 5.95 Å². The number of rotatable bonds is 5. The number of aryl methyl sites for hydroxylation is 1. The van der Waals surface area contributed by atoms with Gasteiger partial charge in [-0.3, -0.25) is 0 Å². The standard InChI is InChI=1S/C9H18N4/c1-4-13-8-6-11-9(13)12(3)7-5-10-2/h6,8,10H,4-5,7H2,1-3H3. The second-order valence-corrected chi connectivity index (χ2v) is 3.04. The predicted octanol–water partition coefficient (Wildman–Crippen LogP) is 0.559. The van der Waals surface area contributed by atoms with Gasteiger partial charge in [-0.25, -0.2) is 4.98 Å². The zero-order valence-electron chi connectivity index (χ0n) is 8.62. The van der Waals surface area contributed by atoms with Gasteiger partial charge in [0.05, 0.1) is 0 Å². The van der Waals surface area contributed by atoms with Gasteiger partial charge in [0.25, 0.3) is 0 Å². The first-order valence-electron chi connectivity index (χ1n) is 4.66. The van der Waals surface area contributed by atoms with E-state index in [0.29, 0.717) is 0 Å². The van der Waals surface area contributed by atoms with E-state index in [-0.39, 0.29) is 0 Å². The van der Waals surface area contributed by atoms with Gasteiger partial charge in [0, 0.05) is 39.1 Å². The number of anilines is 1. The van der Waals surface area contributed by atoms with Crippen molar-refractivity contribution < 1.29 is 0 Å². The summed E-state index contributed by atoms with van der Waals surface area (Å²) in [6.07, 6.45) is 3.85. The van der Waals surface area contributed by atoms with Gasteiger partial charge in [-0.2, -0.15) is 0 Å². The molecule has 0 aliphatic rings. The molecule has 0 fully saturated rings. The first-order valence-corrected chi connectivity index (χ1v) is 4.66. The van der Waals surface area contributed by atoms with E-state index in [0.717, 1.165) is 25.6 Å². The lowest BCUT2D eigenvalue weighted by atomic mass is 10.5.